The van der Waals surface area contributed by atoms with Gasteiger partial charge in [0.25, 0.3) is 5.69 Å². The highest BCUT2D eigenvalue weighted by Crippen LogP contribution is 2.32. The molecule has 0 heterocycles. The van der Waals surface area contributed by atoms with E-state index in [1.54, 1.807) is 19.2 Å². The quantitative estimate of drug-likeness (QED) is 0.664. The van der Waals surface area contributed by atoms with Gasteiger partial charge >= 0.3 is 0 Å². The molecule has 3 atom stereocenters. The van der Waals surface area contributed by atoms with Crippen LogP contribution in [0.3, 0.4) is 0 Å². The predicted molar refractivity (Wildman–Crippen MR) is 77.8 cm³/mol. The zero-order valence-electron chi connectivity index (χ0n) is 12.3. The Balaban J connectivity index is 2.08. The van der Waals surface area contributed by atoms with E-state index in [4.69, 9.17) is 4.74 Å². The zero-order chi connectivity index (χ0) is 14.7. The van der Waals surface area contributed by atoms with Gasteiger partial charge in [-0.25, -0.2) is 0 Å². The molecule has 1 saturated carbocycles. The first-order valence-electron chi connectivity index (χ1n) is 7.07. The number of nitro benzene ring substituents is 1. The van der Waals surface area contributed by atoms with E-state index >= 15 is 0 Å². The Morgan fingerprint density at radius 2 is 2.15 bits per heavy atom. The highest BCUT2D eigenvalue weighted by molar-refractivity contribution is 5.43. The Kier molecular flexibility index (Phi) is 4.60. The summed E-state index contributed by atoms with van der Waals surface area (Å²) in [5.41, 5.74) is 0.948. The van der Waals surface area contributed by atoms with E-state index in [-0.39, 0.29) is 10.6 Å². The molecular formula is C15H22N2O3. The summed E-state index contributed by atoms with van der Waals surface area (Å²) in [6.07, 6.45) is 2.41. The molecule has 2 rings (SSSR count). The average molecular weight is 278 g/mol. The Bertz CT molecular complexity index is 490. The summed E-state index contributed by atoms with van der Waals surface area (Å²) in [5.74, 6) is 2.07. The molecule has 20 heavy (non-hydrogen) atoms. The lowest BCUT2D eigenvalue weighted by Gasteiger charge is -2.20. The summed E-state index contributed by atoms with van der Waals surface area (Å²) >= 11 is 0. The van der Waals surface area contributed by atoms with Gasteiger partial charge in [0.2, 0.25) is 0 Å². The number of ether oxygens (including phenoxy) is 1. The van der Waals surface area contributed by atoms with Gasteiger partial charge in [0.05, 0.1) is 12.0 Å². The molecule has 1 aliphatic carbocycles. The molecule has 5 heteroatoms. The number of benzene rings is 1. The lowest BCUT2D eigenvalue weighted by molar-refractivity contribution is -0.384. The van der Waals surface area contributed by atoms with Gasteiger partial charge in [-0.15, -0.1) is 0 Å². The van der Waals surface area contributed by atoms with E-state index in [0.717, 1.165) is 11.5 Å². The topological polar surface area (TPSA) is 64.4 Å². The van der Waals surface area contributed by atoms with Crippen LogP contribution < -0.4 is 10.1 Å². The van der Waals surface area contributed by atoms with Crippen LogP contribution in [0.4, 0.5) is 5.69 Å². The first-order chi connectivity index (χ1) is 9.52. The number of nitrogens with zero attached hydrogens (tertiary/aromatic N) is 1. The second-order valence-electron chi connectivity index (χ2n) is 5.65. The summed E-state index contributed by atoms with van der Waals surface area (Å²) in [6, 6.07) is 5.21. The molecule has 1 N–H and O–H groups in total. The van der Waals surface area contributed by atoms with Gasteiger partial charge in [-0.1, -0.05) is 13.8 Å². The summed E-state index contributed by atoms with van der Waals surface area (Å²) in [7, 11) is 1.59. The van der Waals surface area contributed by atoms with Crippen LogP contribution in [0.15, 0.2) is 18.2 Å². The highest BCUT2D eigenvalue weighted by Gasteiger charge is 2.29. The lowest BCUT2D eigenvalue weighted by Crippen LogP contribution is -2.32. The number of nitro groups is 1. The normalized spacial score (nSPS) is 25.6. The van der Waals surface area contributed by atoms with Crippen molar-refractivity contribution in [2.24, 2.45) is 11.8 Å². The fraction of sp³-hybridized carbons (Fsp3) is 0.600. The average Bonchev–Trinajstić information content (AvgIpc) is 2.76. The van der Waals surface area contributed by atoms with Crippen LogP contribution in [0.2, 0.25) is 0 Å². The van der Waals surface area contributed by atoms with E-state index in [1.165, 1.54) is 18.9 Å². The number of rotatable bonds is 5. The number of hydrogen-bond acceptors (Lipinski definition) is 4. The first kappa shape index (κ1) is 14.8. The second kappa shape index (κ2) is 6.22. The van der Waals surface area contributed by atoms with Gasteiger partial charge in [0, 0.05) is 30.3 Å². The molecule has 0 spiro atoms. The Labute approximate surface area is 119 Å². The van der Waals surface area contributed by atoms with Crippen molar-refractivity contribution >= 4 is 5.69 Å². The van der Waals surface area contributed by atoms with Crippen LogP contribution >= 0.6 is 0 Å². The van der Waals surface area contributed by atoms with Crippen LogP contribution in [-0.2, 0) is 6.54 Å². The molecule has 3 unspecified atom stereocenters. The highest BCUT2D eigenvalue weighted by atomic mass is 16.6. The lowest BCUT2D eigenvalue weighted by atomic mass is 9.97. The maximum absolute atomic E-state index is 10.9. The molecule has 0 bridgehead atoms. The molecule has 0 saturated heterocycles. The van der Waals surface area contributed by atoms with Crippen LogP contribution in [-0.4, -0.2) is 18.1 Å². The third-order valence-electron chi connectivity index (χ3n) is 4.49. The fourth-order valence-electron chi connectivity index (χ4n) is 2.91. The molecule has 0 amide bonds. The standard InChI is InChI=1S/C15H22N2O3/c1-10-4-6-14(11(10)2)16-9-12-8-13(17(18)19)5-7-15(12)20-3/h5,7-8,10-11,14,16H,4,6,9H2,1-3H3. The maximum Gasteiger partial charge on any atom is 0.270 e. The predicted octanol–water partition coefficient (Wildman–Crippen LogP) is 3.13. The summed E-state index contributed by atoms with van der Waals surface area (Å²) in [5, 5.41) is 14.4. The largest absolute Gasteiger partial charge is 0.496 e. The van der Waals surface area contributed by atoms with Crippen LogP contribution in [0.25, 0.3) is 0 Å². The molecule has 1 aromatic carbocycles. The van der Waals surface area contributed by atoms with Gasteiger partial charge in [-0.2, -0.15) is 0 Å². The molecule has 1 fully saturated rings. The van der Waals surface area contributed by atoms with E-state index in [2.05, 4.69) is 19.2 Å². The van der Waals surface area contributed by atoms with Gasteiger partial charge < -0.3 is 10.1 Å². The van der Waals surface area contributed by atoms with Gasteiger partial charge in [0.15, 0.2) is 0 Å². The fourth-order valence-corrected chi connectivity index (χ4v) is 2.91. The van der Waals surface area contributed by atoms with Crippen molar-refractivity contribution in [3.63, 3.8) is 0 Å². The minimum Gasteiger partial charge on any atom is -0.496 e. The second-order valence-corrected chi connectivity index (χ2v) is 5.65. The van der Waals surface area contributed by atoms with Crippen LogP contribution in [0.1, 0.15) is 32.3 Å². The van der Waals surface area contributed by atoms with E-state index in [9.17, 15) is 10.1 Å². The molecule has 0 aromatic heterocycles. The van der Waals surface area contributed by atoms with Crippen molar-refractivity contribution in [3.8, 4) is 5.75 Å². The number of nitrogens with one attached hydrogen (secondary N) is 1. The summed E-state index contributed by atoms with van der Waals surface area (Å²) < 4.78 is 5.28. The number of hydrogen-bond donors (Lipinski definition) is 1. The van der Waals surface area contributed by atoms with Crippen molar-refractivity contribution in [2.75, 3.05) is 7.11 Å². The molecule has 0 radical (unpaired) electrons. The van der Waals surface area contributed by atoms with E-state index in [0.29, 0.717) is 24.3 Å². The van der Waals surface area contributed by atoms with Crippen LogP contribution in [0, 0.1) is 22.0 Å². The van der Waals surface area contributed by atoms with Crippen molar-refractivity contribution in [1.29, 1.82) is 0 Å². The number of methoxy groups -OCH3 is 1. The molecule has 5 nitrogen and oxygen atoms in total. The zero-order valence-corrected chi connectivity index (χ0v) is 12.3. The summed E-state index contributed by atoms with van der Waals surface area (Å²) in [6.45, 7) is 5.15. The van der Waals surface area contributed by atoms with Gasteiger partial charge in [-0.05, 0) is 30.7 Å². The third kappa shape index (κ3) is 3.10. The van der Waals surface area contributed by atoms with Crippen molar-refractivity contribution < 1.29 is 9.66 Å². The Hall–Kier alpha value is -1.62. The van der Waals surface area contributed by atoms with E-state index < -0.39 is 0 Å². The molecule has 110 valence electrons. The number of non-ortho nitro benzene ring substituents is 1. The Morgan fingerprint density at radius 1 is 1.40 bits per heavy atom. The van der Waals surface area contributed by atoms with Gasteiger partial charge in [0.1, 0.15) is 5.75 Å². The van der Waals surface area contributed by atoms with Crippen LogP contribution in [0.5, 0.6) is 5.75 Å². The first-order valence-corrected chi connectivity index (χ1v) is 7.07. The van der Waals surface area contributed by atoms with Crippen molar-refractivity contribution in [3.05, 3.63) is 33.9 Å². The minimum atomic E-state index is -0.372. The maximum atomic E-state index is 10.9. The molecule has 0 aliphatic heterocycles. The third-order valence-corrected chi connectivity index (χ3v) is 4.49. The van der Waals surface area contributed by atoms with E-state index in [1.807, 2.05) is 0 Å². The molecule has 1 aliphatic rings. The summed E-state index contributed by atoms with van der Waals surface area (Å²) in [4.78, 5) is 10.5. The van der Waals surface area contributed by atoms with Crippen molar-refractivity contribution in [2.45, 2.75) is 39.3 Å². The smallest absolute Gasteiger partial charge is 0.270 e. The van der Waals surface area contributed by atoms with Crippen molar-refractivity contribution in [1.82, 2.24) is 5.32 Å². The van der Waals surface area contributed by atoms with Gasteiger partial charge in [-0.3, -0.25) is 10.1 Å². The molecule has 1 aromatic rings. The Morgan fingerprint density at radius 3 is 2.70 bits per heavy atom. The SMILES string of the molecule is COc1ccc([N+](=O)[O-])cc1CNC1CCC(C)C1C. The monoisotopic (exact) mass is 278 g/mol. The molecular weight excluding hydrogens is 256 g/mol. The minimum absolute atomic E-state index is 0.107.